The third-order valence-electron chi connectivity index (χ3n) is 3.36. The molecule has 2 unspecified atom stereocenters. The number of nitrogens with two attached hydrogens (primary N) is 1. The molecule has 20 heavy (non-hydrogen) atoms. The Hall–Kier alpha value is -1.22. The monoisotopic (exact) mass is 304 g/mol. The normalized spacial score (nSPS) is 24.1. The molecule has 1 aromatic carbocycles. The summed E-state index contributed by atoms with van der Waals surface area (Å²) in [5.41, 5.74) is 5.60. The first-order chi connectivity index (χ1) is 9.40. The SMILES string of the molecule is COC1CN(S(=O)(=O)c2ccc(N)cc2F)CC1OC. The van der Waals surface area contributed by atoms with Gasteiger partial charge in [0.2, 0.25) is 10.0 Å². The van der Waals surface area contributed by atoms with E-state index in [4.69, 9.17) is 15.2 Å². The molecule has 2 rings (SSSR count). The van der Waals surface area contributed by atoms with Crippen molar-refractivity contribution in [2.75, 3.05) is 33.0 Å². The van der Waals surface area contributed by atoms with Gasteiger partial charge in [0.1, 0.15) is 10.7 Å². The minimum atomic E-state index is -3.93. The molecule has 0 aliphatic carbocycles. The van der Waals surface area contributed by atoms with E-state index in [1.54, 1.807) is 0 Å². The standard InChI is InChI=1S/C12H17FN2O4S/c1-18-10-6-15(7-11(10)19-2)20(16,17)12-4-3-8(14)5-9(12)13/h3-5,10-11H,6-7,14H2,1-2H3. The highest BCUT2D eigenvalue weighted by Crippen LogP contribution is 2.26. The zero-order valence-corrected chi connectivity index (χ0v) is 12.1. The molecule has 1 saturated heterocycles. The zero-order chi connectivity index (χ0) is 14.9. The van der Waals surface area contributed by atoms with E-state index in [1.807, 2.05) is 0 Å². The van der Waals surface area contributed by atoms with Gasteiger partial charge in [-0.15, -0.1) is 0 Å². The maximum atomic E-state index is 13.8. The van der Waals surface area contributed by atoms with Gasteiger partial charge in [0.25, 0.3) is 0 Å². The molecule has 0 spiro atoms. The lowest BCUT2D eigenvalue weighted by molar-refractivity contribution is -0.00461. The molecule has 0 bridgehead atoms. The lowest BCUT2D eigenvalue weighted by atomic mass is 10.3. The number of rotatable bonds is 4. The van der Waals surface area contributed by atoms with Gasteiger partial charge in [-0.1, -0.05) is 0 Å². The molecule has 2 N–H and O–H groups in total. The van der Waals surface area contributed by atoms with Crippen LogP contribution in [-0.2, 0) is 19.5 Å². The van der Waals surface area contributed by atoms with Crippen molar-refractivity contribution in [3.8, 4) is 0 Å². The second kappa shape index (κ2) is 5.65. The van der Waals surface area contributed by atoms with Crippen molar-refractivity contribution >= 4 is 15.7 Å². The van der Waals surface area contributed by atoms with Crippen LogP contribution >= 0.6 is 0 Å². The average Bonchev–Trinajstić information content (AvgIpc) is 2.82. The molecular formula is C12H17FN2O4S. The van der Waals surface area contributed by atoms with Gasteiger partial charge in [-0.25, -0.2) is 12.8 Å². The van der Waals surface area contributed by atoms with Crippen LogP contribution < -0.4 is 5.73 Å². The van der Waals surface area contributed by atoms with Crippen molar-refractivity contribution in [1.29, 1.82) is 0 Å². The van der Waals surface area contributed by atoms with E-state index in [1.165, 1.54) is 26.4 Å². The van der Waals surface area contributed by atoms with Gasteiger partial charge >= 0.3 is 0 Å². The van der Waals surface area contributed by atoms with Crippen LogP contribution in [0.1, 0.15) is 0 Å². The highest BCUT2D eigenvalue weighted by atomic mass is 32.2. The van der Waals surface area contributed by atoms with Gasteiger partial charge in [-0.2, -0.15) is 4.31 Å². The number of sulfonamides is 1. The summed E-state index contributed by atoms with van der Waals surface area (Å²) in [7, 11) is -0.964. The van der Waals surface area contributed by atoms with Gasteiger partial charge in [-0.3, -0.25) is 0 Å². The highest BCUT2D eigenvalue weighted by molar-refractivity contribution is 7.89. The maximum absolute atomic E-state index is 13.8. The third kappa shape index (κ3) is 2.64. The van der Waals surface area contributed by atoms with Gasteiger partial charge < -0.3 is 15.2 Å². The van der Waals surface area contributed by atoms with Crippen molar-refractivity contribution in [2.45, 2.75) is 17.1 Å². The van der Waals surface area contributed by atoms with Crippen molar-refractivity contribution in [2.24, 2.45) is 0 Å². The van der Waals surface area contributed by atoms with Gasteiger partial charge in [-0.05, 0) is 18.2 Å². The van der Waals surface area contributed by atoms with Crippen LogP contribution in [0.4, 0.5) is 10.1 Å². The zero-order valence-electron chi connectivity index (χ0n) is 11.2. The largest absolute Gasteiger partial charge is 0.399 e. The van der Waals surface area contributed by atoms with E-state index in [2.05, 4.69) is 0 Å². The molecule has 0 aromatic heterocycles. The summed E-state index contributed by atoms with van der Waals surface area (Å²) in [5, 5.41) is 0. The Morgan fingerprint density at radius 3 is 2.25 bits per heavy atom. The Kier molecular flexibility index (Phi) is 4.28. The third-order valence-corrected chi connectivity index (χ3v) is 5.23. The second-order valence-corrected chi connectivity index (χ2v) is 6.47. The fraction of sp³-hybridized carbons (Fsp3) is 0.500. The smallest absolute Gasteiger partial charge is 0.246 e. The molecule has 1 fully saturated rings. The van der Waals surface area contributed by atoms with E-state index in [9.17, 15) is 12.8 Å². The Balaban J connectivity index is 2.32. The Morgan fingerprint density at radius 1 is 1.25 bits per heavy atom. The molecule has 1 aliphatic heterocycles. The van der Waals surface area contributed by atoms with Crippen LogP contribution in [0.5, 0.6) is 0 Å². The van der Waals surface area contributed by atoms with Crippen LogP contribution in [0.2, 0.25) is 0 Å². The van der Waals surface area contributed by atoms with Crippen molar-refractivity contribution in [3.63, 3.8) is 0 Å². The van der Waals surface area contributed by atoms with Crippen LogP contribution in [0.15, 0.2) is 23.1 Å². The molecule has 2 atom stereocenters. The van der Waals surface area contributed by atoms with E-state index in [-0.39, 0.29) is 31.0 Å². The topological polar surface area (TPSA) is 81.9 Å². The number of anilines is 1. The number of benzene rings is 1. The number of halogens is 1. The Labute approximate surface area is 117 Å². The van der Waals surface area contributed by atoms with Crippen molar-refractivity contribution < 1.29 is 22.3 Å². The lowest BCUT2D eigenvalue weighted by Crippen LogP contribution is -2.30. The molecule has 112 valence electrons. The fourth-order valence-electron chi connectivity index (χ4n) is 2.23. The maximum Gasteiger partial charge on any atom is 0.246 e. The van der Waals surface area contributed by atoms with Gasteiger partial charge in [0.15, 0.2) is 0 Å². The molecule has 0 saturated carbocycles. The summed E-state index contributed by atoms with van der Waals surface area (Å²) in [6.45, 7) is 0.252. The fourth-order valence-corrected chi connectivity index (χ4v) is 3.74. The first-order valence-corrected chi connectivity index (χ1v) is 7.45. The number of nitrogen functional groups attached to an aromatic ring is 1. The Bertz CT molecular complexity index is 581. The summed E-state index contributed by atoms with van der Waals surface area (Å²) in [5.74, 6) is -0.861. The number of ether oxygens (including phenoxy) is 2. The lowest BCUT2D eigenvalue weighted by Gasteiger charge is -2.16. The average molecular weight is 304 g/mol. The Morgan fingerprint density at radius 2 is 1.80 bits per heavy atom. The quantitative estimate of drug-likeness (QED) is 0.816. The summed E-state index contributed by atoms with van der Waals surface area (Å²) in [6, 6.07) is 3.51. The summed E-state index contributed by atoms with van der Waals surface area (Å²) >= 11 is 0. The van der Waals surface area contributed by atoms with Crippen LogP contribution in [0.25, 0.3) is 0 Å². The number of methoxy groups -OCH3 is 2. The van der Waals surface area contributed by atoms with Crippen molar-refractivity contribution in [1.82, 2.24) is 4.31 Å². The number of hydrogen-bond acceptors (Lipinski definition) is 5. The summed E-state index contributed by atoms with van der Waals surface area (Å²) in [6.07, 6.45) is -0.738. The summed E-state index contributed by atoms with van der Waals surface area (Å²) < 4.78 is 50.2. The minimum Gasteiger partial charge on any atom is -0.399 e. The predicted octanol–water partition coefficient (Wildman–Crippen LogP) is 0.442. The molecule has 8 heteroatoms. The first kappa shape index (κ1) is 15.2. The van der Waals surface area contributed by atoms with Crippen molar-refractivity contribution in [3.05, 3.63) is 24.0 Å². The van der Waals surface area contributed by atoms with Gasteiger partial charge in [0, 0.05) is 33.0 Å². The molecular weight excluding hydrogens is 287 g/mol. The van der Waals surface area contributed by atoms with Crippen LogP contribution in [-0.4, -0.2) is 52.2 Å². The predicted molar refractivity (Wildman–Crippen MR) is 71.2 cm³/mol. The molecule has 1 heterocycles. The summed E-state index contributed by atoms with van der Waals surface area (Å²) in [4.78, 5) is -0.390. The molecule has 0 radical (unpaired) electrons. The first-order valence-electron chi connectivity index (χ1n) is 6.01. The highest BCUT2D eigenvalue weighted by Gasteiger charge is 2.40. The van der Waals surface area contributed by atoms with E-state index in [0.29, 0.717) is 0 Å². The second-order valence-electron chi connectivity index (χ2n) is 4.56. The van der Waals surface area contributed by atoms with E-state index < -0.39 is 20.7 Å². The number of nitrogens with zero attached hydrogens (tertiary/aromatic N) is 1. The molecule has 1 aromatic rings. The molecule has 6 nitrogen and oxygen atoms in total. The number of hydrogen-bond donors (Lipinski definition) is 1. The minimum absolute atomic E-state index is 0.126. The molecule has 1 aliphatic rings. The van der Waals surface area contributed by atoms with Crippen LogP contribution in [0, 0.1) is 5.82 Å². The van der Waals surface area contributed by atoms with Crippen LogP contribution in [0.3, 0.4) is 0 Å². The van der Waals surface area contributed by atoms with E-state index >= 15 is 0 Å². The molecule has 0 amide bonds. The van der Waals surface area contributed by atoms with E-state index in [0.717, 1.165) is 10.4 Å². The van der Waals surface area contributed by atoms with Gasteiger partial charge in [0.05, 0.1) is 12.2 Å².